The molecule has 0 aliphatic carbocycles. The fourth-order valence-electron chi connectivity index (χ4n) is 2.89. The number of halogens is 2. The van der Waals surface area contributed by atoms with Crippen molar-refractivity contribution in [2.75, 3.05) is 14.2 Å². The number of hydrogen-bond acceptors (Lipinski definition) is 7. The maximum absolute atomic E-state index is 13.5. The van der Waals surface area contributed by atoms with Gasteiger partial charge in [-0.1, -0.05) is 12.1 Å². The Kier molecular flexibility index (Phi) is 7.72. The molecule has 164 valence electrons. The van der Waals surface area contributed by atoms with Crippen LogP contribution in [0.1, 0.15) is 28.3 Å². The van der Waals surface area contributed by atoms with Gasteiger partial charge in [-0.25, -0.2) is 13.6 Å². The monoisotopic (exact) mass is 436 g/mol. The summed E-state index contributed by atoms with van der Waals surface area (Å²) >= 11 is 0. The molecule has 1 amide bonds. The zero-order valence-electron chi connectivity index (χ0n) is 16.5. The lowest BCUT2D eigenvalue weighted by Crippen LogP contribution is -2.46. The lowest BCUT2D eigenvalue weighted by molar-refractivity contribution is -0.384. The van der Waals surface area contributed by atoms with Crippen molar-refractivity contribution in [3.05, 3.63) is 75.3 Å². The number of carbonyl (C=O) groups is 3. The van der Waals surface area contributed by atoms with Crippen LogP contribution in [0, 0.1) is 21.7 Å². The van der Waals surface area contributed by atoms with Crippen LogP contribution in [0.3, 0.4) is 0 Å². The number of nitrogens with one attached hydrogen (secondary N) is 1. The molecule has 11 heteroatoms. The van der Waals surface area contributed by atoms with Crippen molar-refractivity contribution in [2.24, 2.45) is 0 Å². The number of nitro groups is 1. The van der Waals surface area contributed by atoms with Gasteiger partial charge in [0.15, 0.2) is 0 Å². The van der Waals surface area contributed by atoms with Crippen LogP contribution in [0.4, 0.5) is 14.5 Å². The largest absolute Gasteiger partial charge is 0.469 e. The van der Waals surface area contributed by atoms with E-state index in [9.17, 15) is 33.3 Å². The molecule has 2 atom stereocenters. The van der Waals surface area contributed by atoms with Crippen molar-refractivity contribution < 1.29 is 37.6 Å². The number of carbonyl (C=O) groups excluding carboxylic acids is 3. The summed E-state index contributed by atoms with van der Waals surface area (Å²) in [6, 6.07) is 5.61. The second kappa shape index (κ2) is 10.2. The van der Waals surface area contributed by atoms with E-state index in [0.29, 0.717) is 6.07 Å². The zero-order valence-corrected chi connectivity index (χ0v) is 16.5. The highest BCUT2D eigenvalue weighted by Gasteiger charge is 2.34. The van der Waals surface area contributed by atoms with Crippen molar-refractivity contribution in [3.63, 3.8) is 0 Å². The van der Waals surface area contributed by atoms with Crippen LogP contribution in [0.2, 0.25) is 0 Å². The van der Waals surface area contributed by atoms with Gasteiger partial charge in [-0.15, -0.1) is 0 Å². The summed E-state index contributed by atoms with van der Waals surface area (Å²) in [4.78, 5) is 47.2. The lowest BCUT2D eigenvalue weighted by Gasteiger charge is -2.26. The number of nitrogens with zero attached hydrogens (tertiary/aromatic N) is 1. The van der Waals surface area contributed by atoms with Gasteiger partial charge in [-0.2, -0.15) is 0 Å². The SMILES string of the molecule is COC(=O)C[C@@H](c1ccc([N+](=O)[O-])cc1)[C@@H](NC(=O)c1cc(F)cc(F)c1)C(=O)OC. The Morgan fingerprint density at radius 1 is 1.03 bits per heavy atom. The average Bonchev–Trinajstić information content (AvgIpc) is 2.74. The highest BCUT2D eigenvalue weighted by Crippen LogP contribution is 2.27. The van der Waals surface area contributed by atoms with Crippen molar-refractivity contribution in [1.29, 1.82) is 0 Å². The Morgan fingerprint density at radius 2 is 1.61 bits per heavy atom. The zero-order chi connectivity index (χ0) is 23.1. The number of hydrogen-bond donors (Lipinski definition) is 1. The maximum Gasteiger partial charge on any atom is 0.329 e. The third-order valence-corrected chi connectivity index (χ3v) is 4.42. The van der Waals surface area contributed by atoms with Crippen LogP contribution < -0.4 is 5.32 Å². The molecule has 0 saturated heterocycles. The van der Waals surface area contributed by atoms with Gasteiger partial charge in [0, 0.05) is 29.7 Å². The van der Waals surface area contributed by atoms with Crippen LogP contribution in [0.5, 0.6) is 0 Å². The fraction of sp³-hybridized carbons (Fsp3) is 0.250. The van der Waals surface area contributed by atoms with Gasteiger partial charge in [0.1, 0.15) is 17.7 Å². The van der Waals surface area contributed by atoms with Gasteiger partial charge in [0.2, 0.25) is 0 Å². The van der Waals surface area contributed by atoms with E-state index in [1.807, 2.05) is 0 Å². The molecule has 9 nitrogen and oxygen atoms in total. The Hall–Kier alpha value is -3.89. The molecule has 0 bridgehead atoms. The summed E-state index contributed by atoms with van der Waals surface area (Å²) in [7, 11) is 2.17. The van der Waals surface area contributed by atoms with Crippen molar-refractivity contribution >= 4 is 23.5 Å². The molecular formula is C20H18F2N2O7. The normalized spacial score (nSPS) is 12.4. The summed E-state index contributed by atoms with van der Waals surface area (Å²) in [5, 5.41) is 13.2. The first-order valence-corrected chi connectivity index (χ1v) is 8.82. The molecule has 1 N–H and O–H groups in total. The molecule has 0 fully saturated rings. The molecular weight excluding hydrogens is 418 g/mol. The Bertz CT molecular complexity index is 975. The number of amides is 1. The Morgan fingerprint density at radius 3 is 2.10 bits per heavy atom. The van der Waals surface area contributed by atoms with Crippen molar-refractivity contribution in [1.82, 2.24) is 5.32 Å². The van der Waals surface area contributed by atoms with E-state index in [4.69, 9.17) is 4.74 Å². The van der Waals surface area contributed by atoms with E-state index < -0.39 is 58.3 Å². The van der Waals surface area contributed by atoms with E-state index in [1.165, 1.54) is 12.1 Å². The van der Waals surface area contributed by atoms with E-state index >= 15 is 0 Å². The number of esters is 2. The molecule has 2 aromatic carbocycles. The van der Waals surface area contributed by atoms with Gasteiger partial charge in [0.05, 0.1) is 25.6 Å². The van der Waals surface area contributed by atoms with Crippen molar-refractivity contribution in [2.45, 2.75) is 18.4 Å². The maximum atomic E-state index is 13.5. The topological polar surface area (TPSA) is 125 Å². The first-order valence-electron chi connectivity index (χ1n) is 8.82. The first-order chi connectivity index (χ1) is 14.7. The summed E-state index contributed by atoms with van der Waals surface area (Å²) in [5.41, 5.74) is -0.335. The average molecular weight is 436 g/mol. The molecule has 0 heterocycles. The van der Waals surface area contributed by atoms with Gasteiger partial charge < -0.3 is 14.8 Å². The quantitative estimate of drug-likeness (QED) is 0.383. The minimum absolute atomic E-state index is 0.227. The van der Waals surface area contributed by atoms with Crippen LogP contribution >= 0.6 is 0 Å². The smallest absolute Gasteiger partial charge is 0.329 e. The Labute approximate surface area is 175 Å². The highest BCUT2D eigenvalue weighted by molar-refractivity contribution is 5.97. The second-order valence-corrected chi connectivity index (χ2v) is 6.37. The second-order valence-electron chi connectivity index (χ2n) is 6.37. The molecule has 2 aromatic rings. The predicted molar refractivity (Wildman–Crippen MR) is 102 cm³/mol. The van der Waals surface area contributed by atoms with E-state index in [1.54, 1.807) is 0 Å². The highest BCUT2D eigenvalue weighted by atomic mass is 19.1. The minimum Gasteiger partial charge on any atom is -0.469 e. The van der Waals surface area contributed by atoms with E-state index in [2.05, 4.69) is 10.1 Å². The number of methoxy groups -OCH3 is 2. The summed E-state index contributed by atoms with van der Waals surface area (Å²) in [6.07, 6.45) is -0.397. The Balaban J connectivity index is 2.44. The fourth-order valence-corrected chi connectivity index (χ4v) is 2.89. The minimum atomic E-state index is -1.47. The van der Waals surface area contributed by atoms with Crippen LogP contribution in [-0.2, 0) is 19.1 Å². The third kappa shape index (κ3) is 6.04. The predicted octanol–water partition coefficient (Wildman–Crippen LogP) is 2.49. The number of nitro benzene ring substituents is 1. The summed E-state index contributed by atoms with van der Waals surface area (Å²) in [6.45, 7) is 0. The van der Waals surface area contributed by atoms with Crippen LogP contribution in [0.25, 0.3) is 0 Å². The molecule has 0 aliphatic rings. The number of ether oxygens (including phenoxy) is 2. The standard InChI is InChI=1S/C20H18F2N2O7/c1-30-17(25)10-16(11-3-5-15(6-4-11)24(28)29)18(20(27)31-2)23-19(26)12-7-13(21)9-14(22)8-12/h3-9,16,18H,10H2,1-2H3,(H,23,26)/t16-,18+/m0/s1. The third-order valence-electron chi connectivity index (χ3n) is 4.42. The van der Waals surface area contributed by atoms with Crippen molar-refractivity contribution in [3.8, 4) is 0 Å². The lowest BCUT2D eigenvalue weighted by atomic mass is 9.88. The van der Waals surface area contributed by atoms with Gasteiger partial charge in [-0.05, 0) is 17.7 Å². The summed E-state index contributed by atoms with van der Waals surface area (Å²) in [5.74, 6) is -5.73. The molecule has 2 rings (SSSR count). The molecule has 31 heavy (non-hydrogen) atoms. The molecule has 0 aliphatic heterocycles. The number of rotatable bonds is 8. The first kappa shape index (κ1) is 23.4. The van der Waals surface area contributed by atoms with Gasteiger partial charge in [0.25, 0.3) is 11.6 Å². The van der Waals surface area contributed by atoms with Crippen LogP contribution in [-0.4, -0.2) is 43.0 Å². The van der Waals surface area contributed by atoms with Gasteiger partial charge in [-0.3, -0.25) is 19.7 Å². The number of benzene rings is 2. The molecule has 0 aromatic heterocycles. The van der Waals surface area contributed by atoms with E-state index in [0.717, 1.165) is 38.5 Å². The molecule has 0 saturated carbocycles. The summed E-state index contributed by atoms with van der Waals surface area (Å²) < 4.78 is 36.3. The van der Waals surface area contributed by atoms with Crippen LogP contribution in [0.15, 0.2) is 42.5 Å². The molecule has 0 radical (unpaired) electrons. The number of non-ortho nitro benzene ring substituents is 1. The molecule has 0 spiro atoms. The molecule has 0 unspecified atom stereocenters. The van der Waals surface area contributed by atoms with Gasteiger partial charge >= 0.3 is 11.9 Å². The van der Waals surface area contributed by atoms with E-state index in [-0.39, 0.29) is 11.3 Å².